The monoisotopic (exact) mass is 200 g/mol. The third kappa shape index (κ3) is 2.21. The van der Waals surface area contributed by atoms with Crippen molar-refractivity contribution >= 4 is 0 Å². The van der Waals surface area contributed by atoms with Crippen molar-refractivity contribution < 1.29 is 19.0 Å². The third-order valence-electron chi connectivity index (χ3n) is 1.99. The lowest BCUT2D eigenvalue weighted by Crippen LogP contribution is -2.08. The number of hydrogen-bond acceptors (Lipinski definition) is 3. The molecule has 0 aliphatic heterocycles. The topological polar surface area (TPSA) is 38.7 Å². The molecule has 1 rings (SSSR count). The Morgan fingerprint density at radius 3 is 2.64 bits per heavy atom. The molecule has 0 saturated carbocycles. The van der Waals surface area contributed by atoms with Gasteiger partial charge in [-0.25, -0.2) is 4.39 Å². The summed E-state index contributed by atoms with van der Waals surface area (Å²) in [6.07, 6.45) is -0.555. The minimum atomic E-state index is -0.555. The average molecular weight is 200 g/mol. The van der Waals surface area contributed by atoms with Crippen LogP contribution in [0.15, 0.2) is 18.2 Å². The van der Waals surface area contributed by atoms with E-state index in [9.17, 15) is 4.39 Å². The first kappa shape index (κ1) is 10.9. The second-order valence-electron chi connectivity index (χ2n) is 2.79. The van der Waals surface area contributed by atoms with Gasteiger partial charge in [0.15, 0.2) is 0 Å². The van der Waals surface area contributed by atoms with Gasteiger partial charge in [-0.1, -0.05) is 0 Å². The maximum Gasteiger partial charge on any atom is 0.124 e. The van der Waals surface area contributed by atoms with Crippen LogP contribution in [0, 0.1) is 5.82 Å². The molecule has 0 aromatic heterocycles. The second kappa shape index (κ2) is 4.93. The molecule has 0 spiro atoms. The summed E-state index contributed by atoms with van der Waals surface area (Å²) in [5.74, 6) is 0.128. The second-order valence-corrected chi connectivity index (χ2v) is 2.79. The molecule has 1 N–H and O–H groups in total. The van der Waals surface area contributed by atoms with Crippen LogP contribution >= 0.6 is 0 Å². The van der Waals surface area contributed by atoms with Crippen LogP contribution in [0.1, 0.15) is 11.7 Å². The number of ether oxygens (including phenoxy) is 2. The largest absolute Gasteiger partial charge is 0.496 e. The molecule has 78 valence electrons. The molecule has 0 bridgehead atoms. The first-order chi connectivity index (χ1) is 6.72. The molecular weight excluding hydrogens is 187 g/mol. The standard InChI is InChI=1S/C10H13FO3/c1-13-9-4-3-7(11)5-8(9)10(6-12)14-2/h3-5,10,12H,6H2,1-2H3. The van der Waals surface area contributed by atoms with Gasteiger partial charge < -0.3 is 14.6 Å². The fraction of sp³-hybridized carbons (Fsp3) is 0.400. The SMILES string of the molecule is COc1ccc(F)cc1C(CO)OC. The van der Waals surface area contributed by atoms with Crippen molar-refractivity contribution in [3.8, 4) is 5.75 Å². The molecule has 0 saturated heterocycles. The molecule has 0 aliphatic carbocycles. The highest BCUT2D eigenvalue weighted by Gasteiger charge is 2.15. The summed E-state index contributed by atoms with van der Waals surface area (Å²) >= 11 is 0. The van der Waals surface area contributed by atoms with Gasteiger partial charge in [0.05, 0.1) is 13.7 Å². The van der Waals surface area contributed by atoms with Crippen molar-refractivity contribution in [3.05, 3.63) is 29.6 Å². The number of rotatable bonds is 4. The molecule has 4 heteroatoms. The Balaban J connectivity index is 3.08. The van der Waals surface area contributed by atoms with Crippen molar-refractivity contribution in [2.75, 3.05) is 20.8 Å². The normalized spacial score (nSPS) is 12.6. The molecule has 1 unspecified atom stereocenters. The molecule has 1 aromatic rings. The molecule has 1 aromatic carbocycles. The highest BCUT2D eigenvalue weighted by Crippen LogP contribution is 2.27. The van der Waals surface area contributed by atoms with E-state index in [2.05, 4.69) is 0 Å². The molecule has 1 atom stereocenters. The van der Waals surface area contributed by atoms with E-state index in [1.54, 1.807) is 0 Å². The Morgan fingerprint density at radius 1 is 1.43 bits per heavy atom. The molecule has 0 fully saturated rings. The molecular formula is C10H13FO3. The van der Waals surface area contributed by atoms with E-state index >= 15 is 0 Å². The summed E-state index contributed by atoms with van der Waals surface area (Å²) < 4.78 is 22.9. The van der Waals surface area contributed by atoms with E-state index in [0.29, 0.717) is 11.3 Å². The predicted octanol–water partition coefficient (Wildman–Crippen LogP) is 1.51. The van der Waals surface area contributed by atoms with Crippen LogP contribution in [-0.4, -0.2) is 25.9 Å². The fourth-order valence-corrected chi connectivity index (χ4v) is 1.26. The number of aliphatic hydroxyl groups excluding tert-OH is 1. The van der Waals surface area contributed by atoms with Crippen molar-refractivity contribution in [1.29, 1.82) is 0 Å². The lowest BCUT2D eigenvalue weighted by Gasteiger charge is -2.15. The molecule has 0 aliphatic rings. The Morgan fingerprint density at radius 2 is 2.14 bits per heavy atom. The van der Waals surface area contributed by atoms with Gasteiger partial charge in [-0.3, -0.25) is 0 Å². The molecule has 0 amide bonds. The summed E-state index contributed by atoms with van der Waals surface area (Å²) in [6, 6.07) is 4.10. The minimum Gasteiger partial charge on any atom is -0.496 e. The van der Waals surface area contributed by atoms with Crippen LogP contribution in [0.2, 0.25) is 0 Å². The number of methoxy groups -OCH3 is 2. The highest BCUT2D eigenvalue weighted by atomic mass is 19.1. The lowest BCUT2D eigenvalue weighted by atomic mass is 10.1. The maximum atomic E-state index is 12.9. The molecule has 0 heterocycles. The quantitative estimate of drug-likeness (QED) is 0.800. The smallest absolute Gasteiger partial charge is 0.124 e. The molecule has 14 heavy (non-hydrogen) atoms. The lowest BCUT2D eigenvalue weighted by molar-refractivity contribution is 0.0465. The average Bonchev–Trinajstić information content (AvgIpc) is 2.20. The van der Waals surface area contributed by atoms with Crippen molar-refractivity contribution in [3.63, 3.8) is 0 Å². The first-order valence-corrected chi connectivity index (χ1v) is 4.20. The van der Waals surface area contributed by atoms with Crippen molar-refractivity contribution in [2.24, 2.45) is 0 Å². The van der Waals surface area contributed by atoms with Gasteiger partial charge in [-0.05, 0) is 18.2 Å². The maximum absolute atomic E-state index is 12.9. The van der Waals surface area contributed by atoms with E-state index in [1.807, 2.05) is 0 Å². The number of benzene rings is 1. The Bertz CT molecular complexity index is 297. The molecule has 0 radical (unpaired) electrons. The Hall–Kier alpha value is -1.13. The van der Waals surface area contributed by atoms with E-state index in [-0.39, 0.29) is 12.4 Å². The summed E-state index contributed by atoms with van der Waals surface area (Å²) in [4.78, 5) is 0. The first-order valence-electron chi connectivity index (χ1n) is 4.20. The highest BCUT2D eigenvalue weighted by molar-refractivity contribution is 5.35. The van der Waals surface area contributed by atoms with E-state index in [0.717, 1.165) is 0 Å². The molecule has 3 nitrogen and oxygen atoms in total. The number of aliphatic hydroxyl groups is 1. The van der Waals surface area contributed by atoms with Crippen LogP contribution in [0.25, 0.3) is 0 Å². The van der Waals surface area contributed by atoms with Crippen LogP contribution < -0.4 is 4.74 Å². The summed E-state index contributed by atoms with van der Waals surface area (Å²) in [6.45, 7) is -0.212. The number of halogens is 1. The van der Waals surface area contributed by atoms with E-state index < -0.39 is 6.10 Å². The third-order valence-corrected chi connectivity index (χ3v) is 1.99. The van der Waals surface area contributed by atoms with Crippen molar-refractivity contribution in [1.82, 2.24) is 0 Å². The van der Waals surface area contributed by atoms with E-state index in [1.165, 1.54) is 32.4 Å². The summed E-state index contributed by atoms with van der Waals surface area (Å²) in [5.41, 5.74) is 0.512. The van der Waals surface area contributed by atoms with E-state index in [4.69, 9.17) is 14.6 Å². The predicted molar refractivity (Wildman–Crippen MR) is 49.8 cm³/mol. The fourth-order valence-electron chi connectivity index (χ4n) is 1.26. The number of hydrogen-bond donors (Lipinski definition) is 1. The van der Waals surface area contributed by atoms with Crippen molar-refractivity contribution in [2.45, 2.75) is 6.10 Å². The van der Waals surface area contributed by atoms with Crippen LogP contribution in [-0.2, 0) is 4.74 Å². The zero-order chi connectivity index (χ0) is 10.6. The van der Waals surface area contributed by atoms with Crippen LogP contribution in [0.3, 0.4) is 0 Å². The Labute approximate surface area is 82.1 Å². The van der Waals surface area contributed by atoms with Gasteiger partial charge in [0.2, 0.25) is 0 Å². The zero-order valence-electron chi connectivity index (χ0n) is 8.16. The van der Waals surface area contributed by atoms with Gasteiger partial charge in [0.1, 0.15) is 17.7 Å². The van der Waals surface area contributed by atoms with Crippen LogP contribution in [0.5, 0.6) is 5.75 Å². The summed E-state index contributed by atoms with van der Waals surface area (Å²) in [7, 11) is 2.94. The summed E-state index contributed by atoms with van der Waals surface area (Å²) in [5, 5.41) is 8.99. The van der Waals surface area contributed by atoms with Crippen LogP contribution in [0.4, 0.5) is 4.39 Å². The van der Waals surface area contributed by atoms with Gasteiger partial charge in [0.25, 0.3) is 0 Å². The van der Waals surface area contributed by atoms with Gasteiger partial charge in [0, 0.05) is 12.7 Å². The minimum absolute atomic E-state index is 0.212. The van der Waals surface area contributed by atoms with Gasteiger partial charge in [-0.15, -0.1) is 0 Å². The Kier molecular flexibility index (Phi) is 3.85. The zero-order valence-corrected chi connectivity index (χ0v) is 8.16. The van der Waals surface area contributed by atoms with Gasteiger partial charge in [-0.2, -0.15) is 0 Å². The van der Waals surface area contributed by atoms with Gasteiger partial charge >= 0.3 is 0 Å².